The van der Waals surface area contributed by atoms with Gasteiger partial charge in [-0.1, -0.05) is 11.6 Å². The molecule has 0 amide bonds. The maximum atomic E-state index is 13.5. The Morgan fingerprint density at radius 3 is 2.22 bits per heavy atom. The Bertz CT molecular complexity index is 1290. The van der Waals surface area contributed by atoms with E-state index in [0.29, 0.717) is 23.7 Å². The van der Waals surface area contributed by atoms with E-state index in [4.69, 9.17) is 25.8 Å². The number of nitrogens with one attached hydrogen (secondary N) is 1. The second-order valence-corrected chi connectivity index (χ2v) is 10.5. The standard InChI is InChI=1S/C20H25ClN8O6S/c1-10(15(33-2)16-22-7-12(21)8-23-16)36(31,32)28-20-27-26-17(11-5-13(30)6-11)29(20)14-18(34-3)24-9-25-19(14)35-4/h7-11,13,15,30H,5-6H2,1-4H3,(H,27,28)/t10-,11-,13+,15-/m0/s1. The van der Waals surface area contributed by atoms with Crippen LogP contribution >= 0.6 is 11.6 Å². The van der Waals surface area contributed by atoms with Gasteiger partial charge >= 0.3 is 0 Å². The molecule has 3 aromatic heterocycles. The van der Waals surface area contributed by atoms with Crippen molar-refractivity contribution in [1.29, 1.82) is 0 Å². The number of nitrogens with zero attached hydrogens (tertiary/aromatic N) is 7. The van der Waals surface area contributed by atoms with Crippen molar-refractivity contribution in [1.82, 2.24) is 34.7 Å². The molecule has 2 atom stereocenters. The number of anilines is 1. The molecule has 1 aliphatic rings. The molecule has 4 rings (SSSR count). The zero-order valence-electron chi connectivity index (χ0n) is 19.9. The smallest absolute Gasteiger partial charge is 0.245 e. The van der Waals surface area contributed by atoms with Crippen molar-refractivity contribution in [3.8, 4) is 17.4 Å². The lowest BCUT2D eigenvalue weighted by Crippen LogP contribution is -2.34. The summed E-state index contributed by atoms with van der Waals surface area (Å²) in [6.45, 7) is 1.45. The number of aliphatic hydroxyl groups excluding tert-OH is 1. The van der Waals surface area contributed by atoms with Gasteiger partial charge in [-0.25, -0.2) is 18.4 Å². The Balaban J connectivity index is 1.76. The summed E-state index contributed by atoms with van der Waals surface area (Å²) >= 11 is 5.85. The van der Waals surface area contributed by atoms with Crippen LogP contribution in [-0.4, -0.2) is 80.9 Å². The molecule has 0 aromatic carbocycles. The van der Waals surface area contributed by atoms with Gasteiger partial charge in [0.1, 0.15) is 23.5 Å². The van der Waals surface area contributed by atoms with Gasteiger partial charge in [-0.15, -0.1) is 10.2 Å². The molecule has 0 spiro atoms. The molecule has 0 radical (unpaired) electrons. The number of halogens is 1. The van der Waals surface area contributed by atoms with Crippen molar-refractivity contribution in [3.05, 3.63) is 35.4 Å². The minimum absolute atomic E-state index is 0.112. The maximum Gasteiger partial charge on any atom is 0.245 e. The third-order valence-electron chi connectivity index (χ3n) is 5.83. The van der Waals surface area contributed by atoms with Crippen LogP contribution in [0.25, 0.3) is 5.69 Å². The second-order valence-electron chi connectivity index (χ2n) is 8.05. The van der Waals surface area contributed by atoms with Gasteiger partial charge in [0, 0.05) is 25.4 Å². The summed E-state index contributed by atoms with van der Waals surface area (Å²) in [5.41, 5.74) is 0.207. The zero-order valence-corrected chi connectivity index (χ0v) is 21.4. The highest BCUT2D eigenvalue weighted by atomic mass is 35.5. The number of sulfonamides is 1. The van der Waals surface area contributed by atoms with E-state index in [0.717, 1.165) is 0 Å². The van der Waals surface area contributed by atoms with Crippen molar-refractivity contribution >= 4 is 27.6 Å². The van der Waals surface area contributed by atoms with Crippen LogP contribution < -0.4 is 14.2 Å². The highest BCUT2D eigenvalue weighted by Crippen LogP contribution is 2.41. The SMILES string of the molecule is COc1ncnc(OC)c1-n1c(NS(=O)(=O)[C@@H](C)[C@H](OC)c2ncc(Cl)cn2)nnc1[C@H]1C[C@@H](O)C1. The summed E-state index contributed by atoms with van der Waals surface area (Å²) in [6, 6.07) is 0. The lowest BCUT2D eigenvalue weighted by atomic mass is 9.82. The number of hydrogen-bond acceptors (Lipinski definition) is 12. The largest absolute Gasteiger partial charge is 0.479 e. The predicted octanol–water partition coefficient (Wildman–Crippen LogP) is 1.27. The Hall–Kier alpha value is -3.14. The topological polar surface area (TPSA) is 176 Å². The molecule has 14 nitrogen and oxygen atoms in total. The number of aliphatic hydroxyl groups is 1. The van der Waals surface area contributed by atoms with E-state index in [2.05, 4.69) is 34.9 Å². The molecule has 0 bridgehead atoms. The number of methoxy groups -OCH3 is 3. The maximum absolute atomic E-state index is 13.5. The number of hydrogen-bond donors (Lipinski definition) is 2. The third-order valence-corrected chi connectivity index (χ3v) is 7.72. The van der Waals surface area contributed by atoms with Crippen LogP contribution in [0.4, 0.5) is 5.95 Å². The van der Waals surface area contributed by atoms with Gasteiger partial charge in [0.15, 0.2) is 11.5 Å². The summed E-state index contributed by atoms with van der Waals surface area (Å²) in [7, 11) is 0.0205. The van der Waals surface area contributed by atoms with Gasteiger partial charge in [0.2, 0.25) is 27.7 Å². The van der Waals surface area contributed by atoms with Crippen molar-refractivity contribution < 1.29 is 27.7 Å². The van der Waals surface area contributed by atoms with Crippen molar-refractivity contribution in [2.45, 2.75) is 43.1 Å². The van der Waals surface area contributed by atoms with Crippen LogP contribution in [0.15, 0.2) is 18.7 Å². The molecule has 1 saturated carbocycles. The van der Waals surface area contributed by atoms with Gasteiger partial charge in [0.05, 0.1) is 25.3 Å². The van der Waals surface area contributed by atoms with E-state index < -0.39 is 27.5 Å². The fourth-order valence-electron chi connectivity index (χ4n) is 3.84. The van der Waals surface area contributed by atoms with Crippen LogP contribution in [0, 0.1) is 0 Å². The molecule has 3 heterocycles. The molecule has 36 heavy (non-hydrogen) atoms. The van der Waals surface area contributed by atoms with Crippen LogP contribution in [0.1, 0.15) is 43.4 Å². The average molecular weight is 541 g/mol. The zero-order chi connectivity index (χ0) is 26.0. The first-order valence-electron chi connectivity index (χ1n) is 10.8. The minimum atomic E-state index is -4.15. The summed E-state index contributed by atoms with van der Waals surface area (Å²) in [6.07, 6.45) is 3.32. The van der Waals surface area contributed by atoms with Crippen molar-refractivity contribution in [3.63, 3.8) is 0 Å². The van der Waals surface area contributed by atoms with Crippen LogP contribution in [0.2, 0.25) is 5.02 Å². The molecule has 0 saturated heterocycles. The first kappa shape index (κ1) is 25.9. The molecule has 16 heteroatoms. The first-order chi connectivity index (χ1) is 17.2. The fraction of sp³-hybridized carbons (Fsp3) is 0.500. The predicted molar refractivity (Wildman–Crippen MR) is 127 cm³/mol. The molecule has 1 fully saturated rings. The van der Waals surface area contributed by atoms with Crippen molar-refractivity contribution in [2.24, 2.45) is 0 Å². The third kappa shape index (κ3) is 4.91. The lowest BCUT2D eigenvalue weighted by molar-refractivity contribution is 0.0710. The van der Waals surface area contributed by atoms with Gasteiger partial charge in [0.25, 0.3) is 0 Å². The van der Waals surface area contributed by atoms with Crippen molar-refractivity contribution in [2.75, 3.05) is 26.1 Å². The normalized spacial score (nSPS) is 19.3. The minimum Gasteiger partial charge on any atom is -0.479 e. The van der Waals surface area contributed by atoms with Crippen LogP contribution in [-0.2, 0) is 14.8 Å². The van der Waals surface area contributed by atoms with Gasteiger partial charge in [-0.05, 0) is 19.8 Å². The summed E-state index contributed by atoms with van der Waals surface area (Å²) < 4.78 is 47.0. The molecular formula is C20H25ClN8O6S. The Labute approximate surface area is 212 Å². The van der Waals surface area contributed by atoms with Gasteiger partial charge in [-0.2, -0.15) is 9.97 Å². The fourth-order valence-corrected chi connectivity index (χ4v) is 5.07. The summed E-state index contributed by atoms with van der Waals surface area (Å²) in [5.74, 6) is 0.427. The van der Waals surface area contributed by atoms with Gasteiger partial charge in [-0.3, -0.25) is 9.29 Å². The Kier molecular flexibility index (Phi) is 7.54. The second kappa shape index (κ2) is 10.5. The van der Waals surface area contributed by atoms with E-state index in [9.17, 15) is 13.5 Å². The van der Waals surface area contributed by atoms with Crippen LogP contribution in [0.3, 0.4) is 0 Å². The lowest BCUT2D eigenvalue weighted by Gasteiger charge is -2.31. The molecule has 1 aliphatic carbocycles. The quantitative estimate of drug-likeness (QED) is 0.377. The highest BCUT2D eigenvalue weighted by molar-refractivity contribution is 7.93. The van der Waals surface area contributed by atoms with E-state index in [1.807, 2.05) is 0 Å². The average Bonchev–Trinajstić information content (AvgIpc) is 3.24. The summed E-state index contributed by atoms with van der Waals surface area (Å²) in [5, 5.41) is 17.3. The molecule has 2 N–H and O–H groups in total. The summed E-state index contributed by atoms with van der Waals surface area (Å²) in [4.78, 5) is 16.4. The first-order valence-corrected chi connectivity index (χ1v) is 12.7. The number of ether oxygens (including phenoxy) is 3. The highest BCUT2D eigenvalue weighted by Gasteiger charge is 2.38. The van der Waals surface area contributed by atoms with E-state index in [-0.39, 0.29) is 35.1 Å². The van der Waals surface area contributed by atoms with E-state index in [1.165, 1.54) is 51.5 Å². The molecule has 0 aliphatic heterocycles. The van der Waals surface area contributed by atoms with Crippen LogP contribution in [0.5, 0.6) is 11.8 Å². The number of rotatable bonds is 10. The molecule has 0 unspecified atom stereocenters. The monoisotopic (exact) mass is 540 g/mol. The Morgan fingerprint density at radius 2 is 1.69 bits per heavy atom. The number of aromatic nitrogens is 7. The Morgan fingerprint density at radius 1 is 1.08 bits per heavy atom. The van der Waals surface area contributed by atoms with E-state index >= 15 is 0 Å². The molecule has 194 valence electrons. The molecular weight excluding hydrogens is 516 g/mol. The van der Waals surface area contributed by atoms with Gasteiger partial charge < -0.3 is 19.3 Å². The molecule has 3 aromatic rings. The van der Waals surface area contributed by atoms with E-state index in [1.54, 1.807) is 0 Å².